The number of H-pyrrole nitrogens is 1. The summed E-state index contributed by atoms with van der Waals surface area (Å²) >= 11 is 3.25. The Morgan fingerprint density at radius 1 is 1.69 bits per heavy atom. The normalized spacial score (nSPS) is 10.9. The standard InChI is InChI=1S/C8H8BrN3O/c1-2-5-4-10-7-3-6(9)11-12(7)8(5)13/h3-4,11H,2H2,1H3. The van der Waals surface area contributed by atoms with E-state index in [1.165, 1.54) is 4.52 Å². The third-order valence-electron chi connectivity index (χ3n) is 1.91. The van der Waals surface area contributed by atoms with Crippen molar-refractivity contribution in [2.45, 2.75) is 13.3 Å². The first-order chi connectivity index (χ1) is 6.22. The lowest BCUT2D eigenvalue weighted by Crippen LogP contribution is -2.18. The average Bonchev–Trinajstić information content (AvgIpc) is 2.47. The molecule has 68 valence electrons. The van der Waals surface area contributed by atoms with E-state index in [0.717, 1.165) is 4.60 Å². The summed E-state index contributed by atoms with van der Waals surface area (Å²) in [5.41, 5.74) is 1.32. The molecule has 2 rings (SSSR count). The maximum atomic E-state index is 11.6. The Morgan fingerprint density at radius 2 is 2.46 bits per heavy atom. The van der Waals surface area contributed by atoms with Gasteiger partial charge < -0.3 is 0 Å². The molecule has 0 saturated heterocycles. The third kappa shape index (κ3) is 1.29. The van der Waals surface area contributed by atoms with Crippen molar-refractivity contribution in [2.24, 2.45) is 0 Å². The van der Waals surface area contributed by atoms with Crippen LogP contribution in [-0.2, 0) is 6.42 Å². The van der Waals surface area contributed by atoms with E-state index in [9.17, 15) is 4.79 Å². The summed E-state index contributed by atoms with van der Waals surface area (Å²) in [5.74, 6) is 0. The van der Waals surface area contributed by atoms with Gasteiger partial charge in [0.1, 0.15) is 4.60 Å². The molecule has 0 aliphatic rings. The molecular formula is C8H8BrN3O. The van der Waals surface area contributed by atoms with Gasteiger partial charge in [0.15, 0.2) is 5.65 Å². The van der Waals surface area contributed by atoms with Crippen LogP contribution in [0, 0.1) is 0 Å². The molecule has 0 aromatic carbocycles. The largest absolute Gasteiger partial charge is 0.283 e. The second-order valence-corrected chi connectivity index (χ2v) is 3.59. The van der Waals surface area contributed by atoms with Crippen molar-refractivity contribution in [3.8, 4) is 0 Å². The lowest BCUT2D eigenvalue weighted by atomic mass is 10.3. The number of nitrogens with one attached hydrogen (secondary N) is 1. The van der Waals surface area contributed by atoms with E-state index in [1.54, 1.807) is 12.3 Å². The van der Waals surface area contributed by atoms with Gasteiger partial charge in [0, 0.05) is 17.8 Å². The minimum atomic E-state index is -0.0294. The predicted octanol–water partition coefficient (Wildman–Crippen LogP) is 1.35. The number of aromatic amines is 1. The van der Waals surface area contributed by atoms with E-state index >= 15 is 0 Å². The molecule has 2 aromatic rings. The van der Waals surface area contributed by atoms with E-state index in [2.05, 4.69) is 26.0 Å². The summed E-state index contributed by atoms with van der Waals surface area (Å²) in [6.45, 7) is 1.93. The number of aryl methyl sites for hydroxylation is 1. The summed E-state index contributed by atoms with van der Waals surface area (Å²) in [5, 5.41) is 2.86. The monoisotopic (exact) mass is 241 g/mol. The summed E-state index contributed by atoms with van der Waals surface area (Å²) in [7, 11) is 0. The fourth-order valence-electron chi connectivity index (χ4n) is 1.21. The van der Waals surface area contributed by atoms with Gasteiger partial charge in [-0.1, -0.05) is 6.92 Å². The molecule has 0 atom stereocenters. The Bertz CT molecular complexity index is 500. The predicted molar refractivity (Wildman–Crippen MR) is 52.9 cm³/mol. The van der Waals surface area contributed by atoms with Crippen molar-refractivity contribution in [1.82, 2.24) is 14.6 Å². The molecule has 0 fully saturated rings. The van der Waals surface area contributed by atoms with E-state index in [-0.39, 0.29) is 5.56 Å². The highest BCUT2D eigenvalue weighted by Gasteiger charge is 2.04. The molecular weight excluding hydrogens is 234 g/mol. The minimum Gasteiger partial charge on any atom is -0.283 e. The van der Waals surface area contributed by atoms with Crippen molar-refractivity contribution in [1.29, 1.82) is 0 Å². The highest BCUT2D eigenvalue weighted by molar-refractivity contribution is 9.10. The number of hydrogen-bond acceptors (Lipinski definition) is 2. The Hall–Kier alpha value is -1.10. The lowest BCUT2D eigenvalue weighted by Gasteiger charge is -1.95. The quantitative estimate of drug-likeness (QED) is 0.820. The molecule has 2 heterocycles. The molecule has 0 radical (unpaired) electrons. The number of rotatable bonds is 1. The van der Waals surface area contributed by atoms with Crippen LogP contribution in [0.3, 0.4) is 0 Å². The zero-order valence-electron chi connectivity index (χ0n) is 7.04. The van der Waals surface area contributed by atoms with Crippen molar-refractivity contribution >= 4 is 21.6 Å². The van der Waals surface area contributed by atoms with Gasteiger partial charge in [0.25, 0.3) is 5.56 Å². The molecule has 1 N–H and O–H groups in total. The number of nitrogens with zero attached hydrogens (tertiary/aromatic N) is 2. The first-order valence-corrected chi connectivity index (χ1v) is 4.77. The zero-order chi connectivity index (χ0) is 9.42. The highest BCUT2D eigenvalue weighted by Crippen LogP contribution is 2.07. The molecule has 13 heavy (non-hydrogen) atoms. The molecule has 0 aliphatic carbocycles. The summed E-state index contributed by atoms with van der Waals surface area (Å²) in [6.07, 6.45) is 2.32. The molecule has 2 aromatic heterocycles. The molecule has 0 aliphatic heterocycles. The van der Waals surface area contributed by atoms with Gasteiger partial charge in [-0.25, -0.2) is 9.50 Å². The van der Waals surface area contributed by atoms with Crippen LogP contribution in [0.2, 0.25) is 0 Å². The van der Waals surface area contributed by atoms with Crippen LogP contribution in [0.25, 0.3) is 5.65 Å². The Morgan fingerprint density at radius 3 is 3.15 bits per heavy atom. The number of fused-ring (bicyclic) bond motifs is 1. The number of halogens is 1. The second kappa shape index (κ2) is 2.99. The summed E-state index contributed by atoms with van der Waals surface area (Å²) in [4.78, 5) is 15.8. The molecule has 5 heteroatoms. The first kappa shape index (κ1) is 8.50. The first-order valence-electron chi connectivity index (χ1n) is 3.97. The maximum absolute atomic E-state index is 11.6. The van der Waals surface area contributed by atoms with Crippen LogP contribution < -0.4 is 5.56 Å². The zero-order valence-corrected chi connectivity index (χ0v) is 8.63. The van der Waals surface area contributed by atoms with Gasteiger partial charge in [-0.15, -0.1) is 0 Å². The lowest BCUT2D eigenvalue weighted by molar-refractivity contribution is 0.859. The van der Waals surface area contributed by atoms with Gasteiger partial charge in [-0.2, -0.15) is 0 Å². The maximum Gasteiger partial charge on any atom is 0.275 e. The van der Waals surface area contributed by atoms with Crippen molar-refractivity contribution in [3.63, 3.8) is 0 Å². The highest BCUT2D eigenvalue weighted by atomic mass is 79.9. The van der Waals surface area contributed by atoms with Crippen LogP contribution in [0.1, 0.15) is 12.5 Å². The van der Waals surface area contributed by atoms with Crippen LogP contribution in [0.15, 0.2) is 21.7 Å². The fourth-order valence-corrected chi connectivity index (χ4v) is 1.59. The molecule has 0 saturated carbocycles. The number of hydrogen-bond donors (Lipinski definition) is 1. The van der Waals surface area contributed by atoms with E-state index in [4.69, 9.17) is 0 Å². The van der Waals surface area contributed by atoms with Crippen LogP contribution in [0.5, 0.6) is 0 Å². The van der Waals surface area contributed by atoms with E-state index < -0.39 is 0 Å². The molecule has 0 spiro atoms. The Kier molecular flexibility index (Phi) is 1.95. The molecule has 0 unspecified atom stereocenters. The van der Waals surface area contributed by atoms with Gasteiger partial charge >= 0.3 is 0 Å². The van der Waals surface area contributed by atoms with Crippen LogP contribution in [-0.4, -0.2) is 14.6 Å². The second-order valence-electron chi connectivity index (χ2n) is 2.74. The van der Waals surface area contributed by atoms with E-state index in [1.807, 2.05) is 6.92 Å². The van der Waals surface area contributed by atoms with Gasteiger partial charge in [0.2, 0.25) is 0 Å². The average molecular weight is 242 g/mol. The number of aromatic nitrogens is 3. The molecule has 0 bridgehead atoms. The molecule has 4 nitrogen and oxygen atoms in total. The van der Waals surface area contributed by atoms with Gasteiger partial charge in [0.05, 0.1) is 0 Å². The molecule has 0 amide bonds. The van der Waals surface area contributed by atoms with Crippen molar-refractivity contribution in [2.75, 3.05) is 0 Å². The van der Waals surface area contributed by atoms with Crippen molar-refractivity contribution in [3.05, 3.63) is 32.8 Å². The Labute approximate surface area is 82.7 Å². The van der Waals surface area contributed by atoms with Gasteiger partial charge in [-0.3, -0.25) is 9.89 Å². The summed E-state index contributed by atoms with van der Waals surface area (Å²) in [6, 6.07) is 1.76. The fraction of sp³-hybridized carbons (Fsp3) is 0.250. The Balaban J connectivity index is 2.86. The SMILES string of the molecule is CCc1cnc2cc(Br)[nH]n2c1=O. The third-order valence-corrected chi connectivity index (χ3v) is 2.32. The topological polar surface area (TPSA) is 50.2 Å². The van der Waals surface area contributed by atoms with Crippen LogP contribution >= 0.6 is 15.9 Å². The minimum absolute atomic E-state index is 0.0294. The summed E-state index contributed by atoms with van der Waals surface area (Å²) < 4.78 is 2.19. The van der Waals surface area contributed by atoms with Crippen molar-refractivity contribution < 1.29 is 0 Å². The smallest absolute Gasteiger partial charge is 0.275 e. The van der Waals surface area contributed by atoms with Crippen LogP contribution in [0.4, 0.5) is 0 Å². The van der Waals surface area contributed by atoms with E-state index in [0.29, 0.717) is 17.6 Å². The van der Waals surface area contributed by atoms with Gasteiger partial charge in [-0.05, 0) is 22.4 Å².